The first-order valence-electron chi connectivity index (χ1n) is 9.94. The Hall–Kier alpha value is -1.55. The molecule has 3 rings (SSSR count). The highest BCUT2D eigenvalue weighted by Crippen LogP contribution is 2.45. The van der Waals surface area contributed by atoms with Gasteiger partial charge in [-0.15, -0.1) is 0 Å². The predicted octanol–water partition coefficient (Wildman–Crippen LogP) is 6.83. The van der Waals surface area contributed by atoms with E-state index in [0.29, 0.717) is 25.6 Å². The van der Waals surface area contributed by atoms with Crippen molar-refractivity contribution in [3.63, 3.8) is 0 Å². The molecule has 1 aliphatic rings. The highest BCUT2D eigenvalue weighted by Gasteiger charge is 2.48. The molecule has 0 bridgehead atoms. The monoisotopic (exact) mass is 642 g/mol. The zero-order valence-electron chi connectivity index (χ0n) is 18.3. The molecule has 0 aliphatic carbocycles. The summed E-state index contributed by atoms with van der Waals surface area (Å²) in [5.74, 6) is -3.95. The molecule has 0 radical (unpaired) electrons. The zero-order valence-corrected chi connectivity index (χ0v) is 23.6. The normalized spacial score (nSPS) is 13.8. The van der Waals surface area contributed by atoms with Gasteiger partial charge in [-0.05, 0) is 46.5 Å². The molecular weight excluding hydrogens is 629 g/mol. The lowest BCUT2D eigenvalue weighted by Gasteiger charge is -2.27. The fraction of sp³-hybridized carbons (Fsp3) is 0.273. The summed E-state index contributed by atoms with van der Waals surface area (Å²) in [7, 11) is 0. The van der Waals surface area contributed by atoms with E-state index in [4.69, 9.17) is 62.7 Å². The second kappa shape index (κ2) is 10.8. The average molecular weight is 646 g/mol. The summed E-state index contributed by atoms with van der Waals surface area (Å²) in [6, 6.07) is 1.91. The maximum Gasteiger partial charge on any atom is 0.330 e. The minimum absolute atomic E-state index is 0.191. The lowest BCUT2D eigenvalue weighted by Crippen LogP contribution is -2.49. The lowest BCUT2D eigenvalue weighted by molar-refractivity contribution is -0.152. The van der Waals surface area contributed by atoms with Crippen molar-refractivity contribution in [2.45, 2.75) is 26.8 Å². The number of hydrogen-bond acceptors (Lipinski definition) is 5. The van der Waals surface area contributed by atoms with Gasteiger partial charge in [0.05, 0.1) is 36.2 Å². The van der Waals surface area contributed by atoms with Crippen LogP contribution in [0.25, 0.3) is 0 Å². The minimum atomic E-state index is -1.37. The summed E-state index contributed by atoms with van der Waals surface area (Å²) in [5, 5.41) is 2.13. The van der Waals surface area contributed by atoms with E-state index >= 15 is 0 Å². The van der Waals surface area contributed by atoms with E-state index in [-0.39, 0.29) is 31.2 Å². The Balaban J connectivity index is 1.81. The minimum Gasteiger partial charge on any atom is -0.454 e. The Bertz CT molecular complexity index is 1240. The maximum atomic E-state index is 13.1. The van der Waals surface area contributed by atoms with Crippen molar-refractivity contribution in [2.75, 3.05) is 11.9 Å². The van der Waals surface area contributed by atoms with Crippen molar-refractivity contribution in [1.29, 1.82) is 0 Å². The van der Waals surface area contributed by atoms with Crippen molar-refractivity contribution in [3.05, 3.63) is 58.4 Å². The molecule has 2 aromatic carbocycles. The average Bonchev–Trinajstić information content (AvgIpc) is 3.05. The van der Waals surface area contributed by atoms with Gasteiger partial charge in [0.2, 0.25) is 0 Å². The Labute approximate surface area is 234 Å². The van der Waals surface area contributed by atoms with Crippen LogP contribution in [-0.4, -0.2) is 41.2 Å². The fourth-order valence-electron chi connectivity index (χ4n) is 3.49. The first-order valence-corrected chi connectivity index (χ1v) is 12.6. The molecule has 3 amide bonds. The Morgan fingerprint density at radius 1 is 0.943 bits per heavy atom. The van der Waals surface area contributed by atoms with Crippen LogP contribution in [-0.2, 0) is 14.3 Å². The number of amides is 3. The van der Waals surface area contributed by atoms with Crippen LogP contribution in [0.2, 0.25) is 25.1 Å². The standard InChI is InChI=1S/C22H16BrCl5N2O5/c1-7(2)19(22(34)35-6-11(31)29-10-5-4-9(23)14(24)8(10)3)30-20(32)12-13(21(30)33)16(26)18(28)17(27)15(12)25/h4-5,7,19H,6H2,1-3H3,(H,29,31)/t19-/m1/s1. The van der Waals surface area contributed by atoms with Gasteiger partial charge in [-0.2, -0.15) is 0 Å². The molecule has 1 aliphatic heterocycles. The van der Waals surface area contributed by atoms with Gasteiger partial charge in [-0.1, -0.05) is 71.9 Å². The van der Waals surface area contributed by atoms with Gasteiger partial charge < -0.3 is 10.1 Å². The molecule has 35 heavy (non-hydrogen) atoms. The highest BCUT2D eigenvalue weighted by atomic mass is 79.9. The number of nitrogens with zero attached hydrogens (tertiary/aromatic N) is 1. The topological polar surface area (TPSA) is 92.8 Å². The van der Waals surface area contributed by atoms with Crippen molar-refractivity contribution in [2.24, 2.45) is 5.92 Å². The van der Waals surface area contributed by atoms with Gasteiger partial charge in [0.15, 0.2) is 6.61 Å². The summed E-state index contributed by atoms with van der Waals surface area (Å²) in [4.78, 5) is 52.3. The van der Waals surface area contributed by atoms with E-state index in [1.54, 1.807) is 32.9 Å². The second-order valence-electron chi connectivity index (χ2n) is 7.86. The third-order valence-corrected chi connectivity index (χ3v) is 8.42. The van der Waals surface area contributed by atoms with Crippen molar-refractivity contribution >= 4 is 103 Å². The number of imide groups is 1. The number of carbonyl (C=O) groups excluding carboxylic acids is 4. The number of hydrogen-bond donors (Lipinski definition) is 1. The first-order chi connectivity index (χ1) is 16.3. The summed E-state index contributed by atoms with van der Waals surface area (Å²) in [6.07, 6.45) is 0. The summed E-state index contributed by atoms with van der Waals surface area (Å²) >= 11 is 33.8. The predicted molar refractivity (Wildman–Crippen MR) is 139 cm³/mol. The number of benzene rings is 2. The molecule has 186 valence electrons. The number of esters is 1. The van der Waals surface area contributed by atoms with E-state index in [0.717, 1.165) is 0 Å². The van der Waals surface area contributed by atoms with Crippen molar-refractivity contribution in [3.8, 4) is 0 Å². The SMILES string of the molecule is Cc1c(NC(=O)COC(=O)[C@@H](C(C)C)N2C(=O)c3c(Cl)c(Cl)c(Cl)c(Cl)c3C2=O)ccc(Br)c1Cl. The third-order valence-electron chi connectivity index (χ3n) is 5.24. The van der Waals surface area contributed by atoms with E-state index in [2.05, 4.69) is 21.2 Å². The second-order valence-corrected chi connectivity index (χ2v) is 10.6. The van der Waals surface area contributed by atoms with Crippen molar-refractivity contribution in [1.82, 2.24) is 4.90 Å². The number of nitrogens with one attached hydrogen (secondary N) is 1. The number of fused-ring (bicyclic) bond motifs is 1. The Morgan fingerprint density at radius 2 is 1.46 bits per heavy atom. The number of ether oxygens (including phenoxy) is 1. The third kappa shape index (κ3) is 5.15. The van der Waals surface area contributed by atoms with Gasteiger partial charge in [0.1, 0.15) is 6.04 Å². The molecule has 0 fully saturated rings. The molecule has 0 saturated heterocycles. The molecule has 0 saturated carbocycles. The molecule has 7 nitrogen and oxygen atoms in total. The molecule has 1 N–H and O–H groups in total. The van der Waals surface area contributed by atoms with Gasteiger partial charge in [-0.25, -0.2) is 4.79 Å². The molecule has 13 heteroatoms. The van der Waals surface area contributed by atoms with Crippen molar-refractivity contribution < 1.29 is 23.9 Å². The first kappa shape index (κ1) is 28.0. The van der Waals surface area contributed by atoms with E-state index in [1.807, 2.05) is 0 Å². The number of halogens is 6. The summed E-state index contributed by atoms with van der Waals surface area (Å²) < 4.78 is 5.81. The van der Waals surface area contributed by atoms with Crippen LogP contribution in [0.1, 0.15) is 40.1 Å². The smallest absolute Gasteiger partial charge is 0.330 e. The largest absolute Gasteiger partial charge is 0.454 e. The van der Waals surface area contributed by atoms with Crippen LogP contribution in [0, 0.1) is 12.8 Å². The van der Waals surface area contributed by atoms with E-state index in [1.165, 1.54) is 0 Å². The molecule has 1 heterocycles. The molecule has 0 spiro atoms. The van der Waals surface area contributed by atoms with Crippen LogP contribution in [0.5, 0.6) is 0 Å². The number of carbonyl (C=O) groups is 4. The number of rotatable bonds is 6. The fourth-order valence-corrected chi connectivity index (χ4v) is 5.10. The van der Waals surface area contributed by atoms with Crippen LogP contribution in [0.4, 0.5) is 5.69 Å². The van der Waals surface area contributed by atoms with Crippen LogP contribution in [0.15, 0.2) is 16.6 Å². The van der Waals surface area contributed by atoms with Gasteiger partial charge >= 0.3 is 5.97 Å². The summed E-state index contributed by atoms with van der Waals surface area (Å²) in [5.41, 5.74) is 0.528. The van der Waals surface area contributed by atoms with Gasteiger partial charge in [0.25, 0.3) is 17.7 Å². The van der Waals surface area contributed by atoms with Gasteiger partial charge in [-0.3, -0.25) is 19.3 Å². The Morgan fingerprint density at radius 3 is 1.94 bits per heavy atom. The molecule has 1 atom stereocenters. The van der Waals surface area contributed by atoms with Crippen LogP contribution >= 0.6 is 73.9 Å². The molecule has 0 aromatic heterocycles. The maximum absolute atomic E-state index is 13.1. The molecule has 0 unspecified atom stereocenters. The summed E-state index contributed by atoms with van der Waals surface area (Å²) in [6.45, 7) is 4.25. The van der Waals surface area contributed by atoms with Crippen LogP contribution in [0.3, 0.4) is 0 Å². The zero-order chi connectivity index (χ0) is 26.4. The lowest BCUT2D eigenvalue weighted by atomic mass is 10.0. The highest BCUT2D eigenvalue weighted by molar-refractivity contribution is 9.10. The van der Waals surface area contributed by atoms with E-state index in [9.17, 15) is 19.2 Å². The van der Waals surface area contributed by atoms with Gasteiger partial charge in [0, 0.05) is 10.2 Å². The number of anilines is 1. The van der Waals surface area contributed by atoms with Crippen LogP contribution < -0.4 is 5.32 Å². The molecule has 2 aromatic rings. The quantitative estimate of drug-likeness (QED) is 0.161. The Kier molecular flexibility index (Phi) is 8.67. The van der Waals surface area contributed by atoms with E-state index < -0.39 is 42.3 Å². The molecular formula is C22H16BrCl5N2O5.